The van der Waals surface area contributed by atoms with E-state index in [9.17, 15) is 64.4 Å². The van der Waals surface area contributed by atoms with Gasteiger partial charge in [-0.3, -0.25) is 39.2 Å². The summed E-state index contributed by atoms with van der Waals surface area (Å²) in [6.07, 6.45) is 5.50. The third-order valence-corrected chi connectivity index (χ3v) is 10.5. The number of rotatable bonds is 18. The van der Waals surface area contributed by atoms with Crippen LogP contribution in [-0.4, -0.2) is 128 Å². The van der Waals surface area contributed by atoms with Gasteiger partial charge in [0, 0.05) is 32.5 Å². The first-order valence-corrected chi connectivity index (χ1v) is 20.1. The van der Waals surface area contributed by atoms with E-state index in [1.54, 1.807) is 0 Å². The Hall–Kier alpha value is -5.99. The number of carboxylic acid groups (broad SMARTS) is 1. The summed E-state index contributed by atoms with van der Waals surface area (Å²) in [6, 6.07) is -1.43. The fourth-order valence-corrected chi connectivity index (χ4v) is 6.77. The highest BCUT2D eigenvalue weighted by Crippen LogP contribution is 2.41. The zero-order chi connectivity index (χ0) is 45.7. The number of aliphatic hydroxyl groups is 1. The van der Waals surface area contributed by atoms with E-state index in [1.807, 2.05) is 0 Å². The minimum atomic E-state index is -1.63. The number of benzene rings is 2. The Labute approximate surface area is 353 Å². The molecule has 2 aromatic rings. The van der Waals surface area contributed by atoms with Crippen molar-refractivity contribution in [2.24, 2.45) is 5.92 Å². The second-order valence-corrected chi connectivity index (χ2v) is 15.7. The Balaban J connectivity index is 1.80. The highest BCUT2D eigenvalue weighted by Gasteiger charge is 2.34. The fourth-order valence-electron chi connectivity index (χ4n) is 6.77. The predicted octanol–water partition coefficient (Wildman–Crippen LogP) is 0.674. The molecule has 61 heavy (non-hydrogen) atoms. The first-order chi connectivity index (χ1) is 28.7. The van der Waals surface area contributed by atoms with E-state index in [2.05, 4.69) is 35.1 Å². The van der Waals surface area contributed by atoms with Gasteiger partial charge in [0.2, 0.25) is 35.4 Å². The summed E-state index contributed by atoms with van der Waals surface area (Å²) >= 11 is 0. The highest BCUT2D eigenvalue weighted by molar-refractivity contribution is 5.96. The molecule has 0 fully saturated rings. The van der Waals surface area contributed by atoms with Crippen LogP contribution in [0, 0.1) is 5.92 Å². The second-order valence-electron chi connectivity index (χ2n) is 15.7. The molecule has 5 atom stereocenters. The van der Waals surface area contributed by atoms with Crippen molar-refractivity contribution in [3.05, 3.63) is 41.5 Å². The van der Waals surface area contributed by atoms with E-state index >= 15 is 0 Å². The van der Waals surface area contributed by atoms with Crippen LogP contribution >= 0.6 is 0 Å². The third kappa shape index (κ3) is 13.5. The van der Waals surface area contributed by atoms with Crippen molar-refractivity contribution in [3.63, 3.8) is 0 Å². The Morgan fingerprint density at radius 2 is 1.54 bits per heavy atom. The van der Waals surface area contributed by atoms with E-state index in [0.29, 0.717) is 12.3 Å². The van der Waals surface area contributed by atoms with E-state index < -0.39 is 108 Å². The predicted molar refractivity (Wildman–Crippen MR) is 217 cm³/mol. The van der Waals surface area contributed by atoms with Gasteiger partial charge in [0.25, 0.3) is 0 Å². The zero-order valence-electron chi connectivity index (χ0n) is 35.3. The monoisotopic (exact) mass is 856 g/mol. The van der Waals surface area contributed by atoms with Gasteiger partial charge in [-0.05, 0) is 61.1 Å². The van der Waals surface area contributed by atoms with Crippen LogP contribution in [0.2, 0.25) is 0 Å². The minimum Gasteiger partial charge on any atom is -0.871 e. The smallest absolute Gasteiger partial charge is 0.326 e. The molecule has 336 valence electrons. The summed E-state index contributed by atoms with van der Waals surface area (Å²) in [6.45, 7) is 5.48. The summed E-state index contributed by atoms with van der Waals surface area (Å²) in [7, 11) is 2.58. The van der Waals surface area contributed by atoms with Crippen molar-refractivity contribution >= 4 is 47.1 Å². The van der Waals surface area contributed by atoms with E-state index in [0.717, 1.165) is 54.0 Å². The third-order valence-electron chi connectivity index (χ3n) is 10.5. The first kappa shape index (κ1) is 49.4. The SMILES string of the molecule is CC(C)CCCCCCCC(=O)N(C)C(CO)C(=O)NC(C)C(=O)NCC(=O)N(C)C1C(=O)NC(C)C(=O)NC(C(=O)O)Cc2cc(c([O-])c(N(O)O)c2)-c2cc1ccc2O. The van der Waals surface area contributed by atoms with Crippen molar-refractivity contribution in [1.29, 1.82) is 0 Å². The second kappa shape index (κ2) is 22.6. The molecule has 0 aromatic heterocycles. The summed E-state index contributed by atoms with van der Waals surface area (Å²) < 4.78 is 0. The van der Waals surface area contributed by atoms with Gasteiger partial charge in [0.1, 0.15) is 36.0 Å². The van der Waals surface area contributed by atoms with Gasteiger partial charge in [-0.25, -0.2) is 4.79 Å². The maximum absolute atomic E-state index is 13.9. The lowest BCUT2D eigenvalue weighted by molar-refractivity contribution is -0.267. The average Bonchev–Trinajstić information content (AvgIpc) is 3.19. The molecule has 0 saturated heterocycles. The standard InChI is InChI=1S/C41H59N7O13/c1-22(2)12-10-8-7-9-11-13-33(51)46(5)31(21-49)39(56)43-23(3)37(54)42-20-34(52)47(6)35-26-14-15-32(50)27(19-26)28-16-25(18-30(36(28)53)48(60)61)17-29(41(58)59)45-38(55)24(4)44-40(35)57/h14-16,18-19,22-24,29,31,35,49-50,53,60-61H,7-13,17,20-21H2,1-6H3,(H,42,54)(H,43,56)(H,44,57)(H,45,55)(H,58,59)/p-1. The summed E-state index contributed by atoms with van der Waals surface area (Å²) in [5, 5.41) is 72.8. The van der Waals surface area contributed by atoms with Crippen molar-refractivity contribution in [3.8, 4) is 22.6 Å². The van der Waals surface area contributed by atoms with Crippen molar-refractivity contribution in [2.75, 3.05) is 32.5 Å². The number of carbonyl (C=O) groups is 7. The number of amides is 6. The van der Waals surface area contributed by atoms with Crippen LogP contribution in [0.25, 0.3) is 11.1 Å². The highest BCUT2D eigenvalue weighted by atomic mass is 16.8. The molecular formula is C41H58N7O13-. The number of aliphatic carboxylic acids is 1. The van der Waals surface area contributed by atoms with Crippen LogP contribution in [0.4, 0.5) is 5.69 Å². The molecular weight excluding hydrogens is 798 g/mol. The van der Waals surface area contributed by atoms with Crippen LogP contribution in [0.5, 0.6) is 11.5 Å². The number of aliphatic hydroxyl groups excluding tert-OH is 1. The number of fused-ring (bicyclic) bond motifs is 5. The lowest BCUT2D eigenvalue weighted by Gasteiger charge is -2.31. The minimum absolute atomic E-state index is 0.00672. The summed E-state index contributed by atoms with van der Waals surface area (Å²) in [4.78, 5) is 93.8. The zero-order valence-corrected chi connectivity index (χ0v) is 35.3. The van der Waals surface area contributed by atoms with Gasteiger partial charge in [-0.1, -0.05) is 63.8 Å². The maximum atomic E-state index is 13.9. The molecule has 0 radical (unpaired) electrons. The van der Waals surface area contributed by atoms with E-state index in [1.165, 1.54) is 46.1 Å². The number of phenols is 1. The molecule has 0 aliphatic carbocycles. The number of carbonyl (C=O) groups excluding carboxylic acids is 6. The lowest BCUT2D eigenvalue weighted by atomic mass is 9.93. The normalized spacial score (nSPS) is 17.5. The van der Waals surface area contributed by atoms with Crippen molar-refractivity contribution in [2.45, 2.75) is 109 Å². The van der Waals surface area contributed by atoms with Gasteiger partial charge in [-0.2, -0.15) is 0 Å². The van der Waals surface area contributed by atoms with Crippen molar-refractivity contribution in [1.82, 2.24) is 31.1 Å². The van der Waals surface area contributed by atoms with E-state index in [-0.39, 0.29) is 34.6 Å². The number of phenolic OH excluding ortho intramolecular Hbond substituents is 1. The number of aromatic hydroxyl groups is 1. The lowest BCUT2D eigenvalue weighted by Crippen LogP contribution is -2.55. The molecule has 0 spiro atoms. The average molecular weight is 857 g/mol. The molecule has 5 unspecified atom stereocenters. The van der Waals surface area contributed by atoms with E-state index in [4.69, 9.17) is 0 Å². The molecule has 2 aromatic carbocycles. The molecule has 6 amide bonds. The quantitative estimate of drug-likeness (QED) is 0.0736. The largest absolute Gasteiger partial charge is 0.871 e. The summed E-state index contributed by atoms with van der Waals surface area (Å²) in [5.74, 6) is -7.15. The van der Waals surface area contributed by atoms with Gasteiger partial charge in [0.15, 0.2) is 0 Å². The number of hydrogen-bond donors (Lipinski definition) is 9. The molecule has 20 nitrogen and oxygen atoms in total. The number of unbranched alkanes of at least 4 members (excludes halogenated alkanes) is 4. The Kier molecular flexibility index (Phi) is 18.3. The summed E-state index contributed by atoms with van der Waals surface area (Å²) in [5.41, 5.74) is -1.27. The number of nitrogens with one attached hydrogen (secondary N) is 4. The van der Waals surface area contributed by atoms with Gasteiger partial charge < -0.3 is 51.5 Å². The number of carboxylic acids is 1. The van der Waals surface area contributed by atoms with Crippen LogP contribution in [0.1, 0.15) is 89.8 Å². The Morgan fingerprint density at radius 1 is 0.885 bits per heavy atom. The topological polar surface area (TPSA) is 302 Å². The Bertz CT molecular complexity index is 1920. The maximum Gasteiger partial charge on any atom is 0.326 e. The molecule has 1 aliphatic rings. The van der Waals surface area contributed by atoms with Crippen molar-refractivity contribution < 1.29 is 64.4 Å². The number of anilines is 1. The van der Waals surface area contributed by atoms with Crippen LogP contribution in [0.3, 0.4) is 0 Å². The molecule has 9 N–H and O–H groups in total. The molecule has 1 heterocycles. The molecule has 1 aliphatic heterocycles. The van der Waals surface area contributed by atoms with Crippen LogP contribution < -0.4 is 31.6 Å². The Morgan fingerprint density at radius 3 is 2.16 bits per heavy atom. The fraction of sp³-hybridized carbons (Fsp3) is 0.537. The number of hydrogen-bond acceptors (Lipinski definition) is 13. The number of likely N-dealkylation sites (N-methyl/N-ethyl adjacent to an activating group) is 2. The molecule has 20 heteroatoms. The van der Waals surface area contributed by atoms with Gasteiger partial charge in [0.05, 0.1) is 18.8 Å². The van der Waals surface area contributed by atoms with Crippen LogP contribution in [-0.2, 0) is 40.0 Å². The van der Waals surface area contributed by atoms with Gasteiger partial charge >= 0.3 is 5.97 Å². The first-order valence-electron chi connectivity index (χ1n) is 20.1. The number of nitrogens with zero attached hydrogens (tertiary/aromatic N) is 3. The van der Waals surface area contributed by atoms with Crippen LogP contribution in [0.15, 0.2) is 30.3 Å². The van der Waals surface area contributed by atoms with Gasteiger partial charge in [-0.15, -0.1) is 5.23 Å². The molecule has 0 saturated carbocycles. The molecule has 4 bridgehead atoms. The molecule has 3 rings (SSSR count).